The highest BCUT2D eigenvalue weighted by Gasteiger charge is 2.36. The molecule has 0 amide bonds. The molecule has 2 aliphatic heterocycles. The smallest absolute Gasteiger partial charge is 0.0223 e. The molecule has 2 fully saturated rings. The SMILES string of the molecule is CCCNC(C)C(C)(C)CN1CC2CCCCN2CC1C. The minimum absolute atomic E-state index is 0.334. The Morgan fingerprint density at radius 1 is 1.24 bits per heavy atom. The van der Waals surface area contributed by atoms with Crippen LogP contribution in [0.4, 0.5) is 0 Å². The summed E-state index contributed by atoms with van der Waals surface area (Å²) in [6.45, 7) is 18.1. The van der Waals surface area contributed by atoms with Gasteiger partial charge >= 0.3 is 0 Å². The van der Waals surface area contributed by atoms with Gasteiger partial charge in [-0.1, -0.05) is 27.2 Å². The first-order valence-electron chi connectivity index (χ1n) is 9.15. The van der Waals surface area contributed by atoms with Crippen LogP contribution in [-0.2, 0) is 0 Å². The van der Waals surface area contributed by atoms with Crippen molar-refractivity contribution in [3.05, 3.63) is 0 Å². The molecule has 3 atom stereocenters. The van der Waals surface area contributed by atoms with Gasteiger partial charge < -0.3 is 5.32 Å². The van der Waals surface area contributed by atoms with E-state index in [0.717, 1.165) is 12.6 Å². The third-order valence-corrected chi connectivity index (χ3v) is 5.80. The number of hydrogen-bond acceptors (Lipinski definition) is 3. The fraction of sp³-hybridized carbons (Fsp3) is 1.00. The highest BCUT2D eigenvalue weighted by atomic mass is 15.3. The Morgan fingerprint density at radius 3 is 2.71 bits per heavy atom. The van der Waals surface area contributed by atoms with Gasteiger partial charge in [0.1, 0.15) is 0 Å². The van der Waals surface area contributed by atoms with E-state index >= 15 is 0 Å². The Kier molecular flexibility index (Phi) is 6.10. The molecule has 3 unspecified atom stereocenters. The van der Waals surface area contributed by atoms with Crippen molar-refractivity contribution in [2.75, 3.05) is 32.7 Å². The van der Waals surface area contributed by atoms with E-state index in [1.54, 1.807) is 0 Å². The minimum Gasteiger partial charge on any atom is -0.314 e. The zero-order valence-corrected chi connectivity index (χ0v) is 15.0. The molecule has 0 radical (unpaired) electrons. The Hall–Kier alpha value is -0.120. The normalized spacial score (nSPS) is 30.1. The van der Waals surface area contributed by atoms with Crippen LogP contribution in [0.2, 0.25) is 0 Å². The van der Waals surface area contributed by atoms with Gasteiger partial charge in [-0.15, -0.1) is 0 Å². The lowest BCUT2D eigenvalue weighted by atomic mass is 9.83. The molecule has 3 nitrogen and oxygen atoms in total. The van der Waals surface area contributed by atoms with Crippen LogP contribution in [0, 0.1) is 5.41 Å². The lowest BCUT2D eigenvalue weighted by Gasteiger charge is -2.50. The lowest BCUT2D eigenvalue weighted by molar-refractivity contribution is -0.00674. The number of piperazine rings is 1. The van der Waals surface area contributed by atoms with Crippen molar-refractivity contribution in [2.45, 2.75) is 78.4 Å². The summed E-state index contributed by atoms with van der Waals surface area (Å²) in [6.07, 6.45) is 5.47. The van der Waals surface area contributed by atoms with E-state index < -0.39 is 0 Å². The van der Waals surface area contributed by atoms with E-state index in [1.165, 1.54) is 51.9 Å². The molecule has 0 aromatic heterocycles. The molecule has 0 spiro atoms. The molecule has 3 heteroatoms. The summed E-state index contributed by atoms with van der Waals surface area (Å²) >= 11 is 0. The lowest BCUT2D eigenvalue weighted by Crippen LogP contribution is -2.61. The molecule has 1 N–H and O–H groups in total. The number of nitrogens with one attached hydrogen (secondary N) is 1. The predicted octanol–water partition coefficient (Wildman–Crippen LogP) is 2.96. The molecule has 2 saturated heterocycles. The molecule has 2 aliphatic rings. The maximum atomic E-state index is 3.70. The van der Waals surface area contributed by atoms with E-state index in [4.69, 9.17) is 0 Å². The first kappa shape index (κ1) is 17.2. The predicted molar refractivity (Wildman–Crippen MR) is 91.8 cm³/mol. The topological polar surface area (TPSA) is 18.5 Å². The Bertz CT molecular complexity index is 316. The van der Waals surface area contributed by atoms with Crippen LogP contribution in [0.15, 0.2) is 0 Å². The van der Waals surface area contributed by atoms with Gasteiger partial charge in [0.15, 0.2) is 0 Å². The molecule has 124 valence electrons. The van der Waals surface area contributed by atoms with Crippen molar-refractivity contribution in [1.82, 2.24) is 15.1 Å². The second-order valence-electron chi connectivity index (χ2n) is 8.09. The van der Waals surface area contributed by atoms with Crippen LogP contribution < -0.4 is 5.32 Å². The maximum Gasteiger partial charge on any atom is 0.0223 e. The van der Waals surface area contributed by atoms with Crippen LogP contribution in [0.5, 0.6) is 0 Å². The highest BCUT2D eigenvalue weighted by Crippen LogP contribution is 2.28. The van der Waals surface area contributed by atoms with E-state index in [1.807, 2.05) is 0 Å². The van der Waals surface area contributed by atoms with Crippen molar-refractivity contribution in [2.24, 2.45) is 5.41 Å². The standard InChI is InChI=1S/C18H37N3/c1-6-10-19-16(3)18(4,5)14-21-13-17-9-7-8-11-20(17)12-15(21)2/h15-17,19H,6-14H2,1-5H3. The van der Waals surface area contributed by atoms with Crippen LogP contribution >= 0.6 is 0 Å². The number of nitrogens with zero attached hydrogens (tertiary/aromatic N) is 2. The second-order valence-corrected chi connectivity index (χ2v) is 8.09. The molecule has 2 heterocycles. The summed E-state index contributed by atoms with van der Waals surface area (Å²) in [4.78, 5) is 5.51. The van der Waals surface area contributed by atoms with Crippen LogP contribution in [0.25, 0.3) is 0 Å². The van der Waals surface area contributed by atoms with E-state index in [0.29, 0.717) is 17.5 Å². The zero-order valence-electron chi connectivity index (χ0n) is 15.0. The van der Waals surface area contributed by atoms with Crippen molar-refractivity contribution >= 4 is 0 Å². The van der Waals surface area contributed by atoms with Gasteiger partial charge in [-0.2, -0.15) is 0 Å². The van der Waals surface area contributed by atoms with Crippen molar-refractivity contribution < 1.29 is 0 Å². The van der Waals surface area contributed by atoms with Gasteiger partial charge in [0.25, 0.3) is 0 Å². The summed E-state index contributed by atoms with van der Waals surface area (Å²) in [5.74, 6) is 0. The van der Waals surface area contributed by atoms with Gasteiger partial charge in [0, 0.05) is 37.8 Å². The Morgan fingerprint density at radius 2 is 2.00 bits per heavy atom. The molecule has 2 rings (SSSR count). The van der Waals surface area contributed by atoms with Gasteiger partial charge in [-0.25, -0.2) is 0 Å². The molecule has 0 saturated carbocycles. The molecule has 0 aliphatic carbocycles. The fourth-order valence-corrected chi connectivity index (χ4v) is 3.93. The van der Waals surface area contributed by atoms with Crippen LogP contribution in [0.1, 0.15) is 60.3 Å². The molecule has 21 heavy (non-hydrogen) atoms. The fourth-order valence-electron chi connectivity index (χ4n) is 3.93. The first-order chi connectivity index (χ1) is 9.94. The average molecular weight is 296 g/mol. The zero-order chi connectivity index (χ0) is 15.5. The molecule has 0 bridgehead atoms. The van der Waals surface area contributed by atoms with E-state index in [9.17, 15) is 0 Å². The summed E-state index contributed by atoms with van der Waals surface area (Å²) < 4.78 is 0. The summed E-state index contributed by atoms with van der Waals surface area (Å²) in [7, 11) is 0. The molecule has 0 aromatic rings. The summed E-state index contributed by atoms with van der Waals surface area (Å²) in [6, 6.07) is 2.11. The quantitative estimate of drug-likeness (QED) is 0.813. The summed E-state index contributed by atoms with van der Waals surface area (Å²) in [5.41, 5.74) is 0.334. The molecular weight excluding hydrogens is 258 g/mol. The average Bonchev–Trinajstić information content (AvgIpc) is 2.45. The van der Waals surface area contributed by atoms with Gasteiger partial charge in [-0.05, 0) is 51.6 Å². The van der Waals surface area contributed by atoms with Gasteiger partial charge in [-0.3, -0.25) is 9.80 Å². The third kappa shape index (κ3) is 4.43. The first-order valence-corrected chi connectivity index (χ1v) is 9.15. The van der Waals surface area contributed by atoms with Crippen molar-refractivity contribution in [3.8, 4) is 0 Å². The Balaban J connectivity index is 1.91. The number of fused-ring (bicyclic) bond motifs is 1. The van der Waals surface area contributed by atoms with E-state index in [2.05, 4.69) is 49.7 Å². The van der Waals surface area contributed by atoms with Crippen molar-refractivity contribution in [3.63, 3.8) is 0 Å². The molecular formula is C18H37N3. The summed E-state index contributed by atoms with van der Waals surface area (Å²) in [5, 5.41) is 3.70. The largest absolute Gasteiger partial charge is 0.314 e. The maximum absolute atomic E-state index is 3.70. The monoisotopic (exact) mass is 295 g/mol. The second kappa shape index (κ2) is 7.43. The third-order valence-electron chi connectivity index (χ3n) is 5.80. The van der Waals surface area contributed by atoms with Crippen LogP contribution in [-0.4, -0.2) is 60.6 Å². The van der Waals surface area contributed by atoms with Gasteiger partial charge in [0.2, 0.25) is 0 Å². The van der Waals surface area contributed by atoms with Crippen molar-refractivity contribution in [1.29, 1.82) is 0 Å². The molecule has 0 aromatic carbocycles. The number of rotatable bonds is 6. The number of piperidine rings is 1. The van der Waals surface area contributed by atoms with Crippen LogP contribution in [0.3, 0.4) is 0 Å². The number of hydrogen-bond donors (Lipinski definition) is 1. The minimum atomic E-state index is 0.334. The highest BCUT2D eigenvalue weighted by molar-refractivity contribution is 4.93. The Labute approximate surface area is 132 Å². The van der Waals surface area contributed by atoms with Gasteiger partial charge in [0.05, 0.1) is 0 Å². The van der Waals surface area contributed by atoms with E-state index in [-0.39, 0.29) is 0 Å².